The first-order chi connectivity index (χ1) is 15.6. The third-order valence-electron chi connectivity index (χ3n) is 5.99. The molecule has 0 spiro atoms. The summed E-state index contributed by atoms with van der Waals surface area (Å²) < 4.78 is 6.66. The smallest absolute Gasteiger partial charge is 0.204 e. The zero-order chi connectivity index (χ0) is 22.1. The van der Waals surface area contributed by atoms with E-state index in [-0.39, 0.29) is 0 Å². The Morgan fingerprint density at radius 2 is 1.75 bits per heavy atom. The van der Waals surface area contributed by atoms with E-state index >= 15 is 0 Å². The maximum Gasteiger partial charge on any atom is 0.204 e. The van der Waals surface area contributed by atoms with Crippen molar-refractivity contribution in [1.82, 2.24) is 34.0 Å². The van der Waals surface area contributed by atoms with Gasteiger partial charge in [0.15, 0.2) is 5.82 Å². The van der Waals surface area contributed by atoms with E-state index < -0.39 is 0 Å². The molecular weight excluding hydrogens is 442 g/mol. The number of nitrogens with zero attached hydrogens (tertiary/aromatic N) is 7. The van der Waals surface area contributed by atoms with E-state index in [0.717, 1.165) is 48.8 Å². The van der Waals surface area contributed by atoms with Gasteiger partial charge in [0.1, 0.15) is 12.2 Å². The lowest BCUT2D eigenvalue weighted by atomic mass is 9.96. The Balaban J connectivity index is 1.42. The third kappa shape index (κ3) is 4.13. The zero-order valence-electron chi connectivity index (χ0n) is 17.8. The molecule has 1 aliphatic rings. The highest BCUT2D eigenvalue weighted by atomic mass is 35.5. The first-order valence-corrected chi connectivity index (χ1v) is 11.5. The Morgan fingerprint density at radius 3 is 2.41 bits per heavy atom. The van der Waals surface area contributed by atoms with Gasteiger partial charge in [-0.1, -0.05) is 29.8 Å². The van der Waals surface area contributed by atoms with Crippen LogP contribution in [0.1, 0.15) is 24.6 Å². The number of hydrogen-bond donors (Lipinski definition) is 0. The molecule has 1 aliphatic heterocycles. The largest absolute Gasteiger partial charge is 0.320 e. The highest BCUT2D eigenvalue weighted by molar-refractivity contribution is 7.71. The average Bonchev–Trinajstić information content (AvgIpc) is 3.39. The molecular formula is C23H24ClN7S. The standard InChI is InChI=1S/C23H24ClN7S/c1-28-15-25-26-21(28)18-11-13-29(14-12-18)16-30-23(32)31(20-5-3-2-4-6-20)22(27-30)17-7-9-19(24)10-8-17/h2-10,15,18H,11-14,16H2,1H3. The molecule has 2 aromatic carbocycles. The van der Waals surface area contributed by atoms with Crippen molar-refractivity contribution >= 4 is 23.8 Å². The fraction of sp³-hybridized carbons (Fsp3) is 0.304. The molecule has 164 valence electrons. The molecule has 0 atom stereocenters. The van der Waals surface area contributed by atoms with Gasteiger partial charge in [0.05, 0.1) is 6.67 Å². The van der Waals surface area contributed by atoms with Crippen molar-refractivity contribution in [2.45, 2.75) is 25.4 Å². The van der Waals surface area contributed by atoms with Crippen LogP contribution in [-0.4, -0.2) is 47.1 Å². The lowest BCUT2D eigenvalue weighted by Gasteiger charge is -2.30. The van der Waals surface area contributed by atoms with Gasteiger partial charge in [-0.05, 0) is 61.5 Å². The van der Waals surface area contributed by atoms with Crippen LogP contribution in [-0.2, 0) is 13.7 Å². The quantitative estimate of drug-likeness (QED) is 0.400. The minimum absolute atomic E-state index is 0.443. The van der Waals surface area contributed by atoms with Crippen LogP contribution in [0.25, 0.3) is 17.1 Å². The molecule has 3 heterocycles. The van der Waals surface area contributed by atoms with Gasteiger partial charge in [-0.2, -0.15) is 0 Å². The summed E-state index contributed by atoms with van der Waals surface area (Å²) in [5.41, 5.74) is 1.97. The second-order valence-corrected chi connectivity index (χ2v) is 8.92. The highest BCUT2D eigenvalue weighted by Gasteiger charge is 2.25. The number of para-hydroxylation sites is 1. The first-order valence-electron chi connectivity index (χ1n) is 10.7. The molecule has 4 aromatic rings. The second kappa shape index (κ2) is 8.97. The van der Waals surface area contributed by atoms with Crippen molar-refractivity contribution in [2.24, 2.45) is 7.05 Å². The van der Waals surface area contributed by atoms with Crippen LogP contribution < -0.4 is 0 Å². The van der Waals surface area contributed by atoms with Crippen LogP contribution in [0.5, 0.6) is 0 Å². The lowest BCUT2D eigenvalue weighted by molar-refractivity contribution is 0.157. The topological polar surface area (TPSA) is 56.7 Å². The van der Waals surface area contributed by atoms with Crippen LogP contribution in [0.3, 0.4) is 0 Å². The highest BCUT2D eigenvalue weighted by Crippen LogP contribution is 2.28. The normalized spacial score (nSPS) is 15.3. The molecule has 32 heavy (non-hydrogen) atoms. The first kappa shape index (κ1) is 21.1. The monoisotopic (exact) mass is 465 g/mol. The van der Waals surface area contributed by atoms with Gasteiger partial charge in [-0.25, -0.2) is 4.68 Å². The number of hydrogen-bond acceptors (Lipinski definition) is 5. The van der Waals surface area contributed by atoms with Gasteiger partial charge in [0.25, 0.3) is 0 Å². The number of rotatable bonds is 5. The van der Waals surface area contributed by atoms with Crippen LogP contribution in [0.4, 0.5) is 0 Å². The molecule has 2 aromatic heterocycles. The molecule has 1 fully saturated rings. The van der Waals surface area contributed by atoms with Crippen molar-refractivity contribution < 1.29 is 0 Å². The molecule has 0 amide bonds. The van der Waals surface area contributed by atoms with Gasteiger partial charge in [0, 0.05) is 42.3 Å². The summed E-state index contributed by atoms with van der Waals surface area (Å²) in [4.78, 5) is 2.40. The summed E-state index contributed by atoms with van der Waals surface area (Å²) in [6.07, 6.45) is 3.86. The van der Waals surface area contributed by atoms with Crippen LogP contribution in [0.15, 0.2) is 60.9 Å². The number of likely N-dealkylation sites (tertiary alicyclic amines) is 1. The third-order valence-corrected chi connectivity index (χ3v) is 6.63. The Morgan fingerprint density at radius 1 is 1.03 bits per heavy atom. The Labute approximate surface area is 196 Å². The summed E-state index contributed by atoms with van der Waals surface area (Å²) in [6.45, 7) is 2.59. The molecule has 0 unspecified atom stereocenters. The minimum Gasteiger partial charge on any atom is -0.320 e. The summed E-state index contributed by atoms with van der Waals surface area (Å²) in [5, 5.41) is 14.0. The van der Waals surface area contributed by atoms with Gasteiger partial charge in [0.2, 0.25) is 4.77 Å². The molecule has 0 saturated carbocycles. The molecule has 9 heteroatoms. The Bertz CT molecular complexity index is 1250. The van der Waals surface area contributed by atoms with Crippen molar-refractivity contribution in [3.8, 4) is 17.1 Å². The molecule has 1 saturated heterocycles. The number of aryl methyl sites for hydroxylation is 1. The number of piperidine rings is 1. The second-order valence-electron chi connectivity index (χ2n) is 8.12. The number of halogens is 1. The van der Waals surface area contributed by atoms with Gasteiger partial charge < -0.3 is 4.57 Å². The number of benzene rings is 2. The van der Waals surface area contributed by atoms with Crippen LogP contribution in [0.2, 0.25) is 5.02 Å². The molecule has 0 aliphatic carbocycles. The van der Waals surface area contributed by atoms with Gasteiger partial charge in [-0.3, -0.25) is 9.47 Å². The van der Waals surface area contributed by atoms with Crippen molar-refractivity contribution in [3.05, 3.63) is 76.5 Å². The molecule has 5 rings (SSSR count). The molecule has 0 radical (unpaired) electrons. The van der Waals surface area contributed by atoms with Crippen molar-refractivity contribution in [2.75, 3.05) is 13.1 Å². The van der Waals surface area contributed by atoms with E-state index in [1.807, 2.05) is 75.5 Å². The molecule has 0 bridgehead atoms. The number of aromatic nitrogens is 6. The van der Waals surface area contributed by atoms with E-state index in [1.54, 1.807) is 6.33 Å². The predicted octanol–water partition coefficient (Wildman–Crippen LogP) is 4.69. The Hall–Kier alpha value is -2.81. The fourth-order valence-corrected chi connectivity index (χ4v) is 4.70. The Kier molecular flexibility index (Phi) is 5.91. The molecule has 0 N–H and O–H groups in total. The van der Waals surface area contributed by atoms with Gasteiger partial charge in [-0.15, -0.1) is 15.3 Å². The lowest BCUT2D eigenvalue weighted by Crippen LogP contribution is -2.35. The van der Waals surface area contributed by atoms with Crippen molar-refractivity contribution in [1.29, 1.82) is 0 Å². The van der Waals surface area contributed by atoms with Crippen LogP contribution in [0, 0.1) is 4.77 Å². The van der Waals surface area contributed by atoms with E-state index in [9.17, 15) is 0 Å². The average molecular weight is 466 g/mol. The van der Waals surface area contributed by atoms with Crippen LogP contribution >= 0.6 is 23.8 Å². The minimum atomic E-state index is 0.443. The molecule has 7 nitrogen and oxygen atoms in total. The predicted molar refractivity (Wildman–Crippen MR) is 127 cm³/mol. The summed E-state index contributed by atoms with van der Waals surface area (Å²) in [7, 11) is 2.01. The fourth-order valence-electron chi connectivity index (χ4n) is 4.28. The zero-order valence-corrected chi connectivity index (χ0v) is 19.4. The summed E-state index contributed by atoms with van der Waals surface area (Å²) in [6, 6.07) is 17.8. The van der Waals surface area contributed by atoms with E-state index in [4.69, 9.17) is 28.9 Å². The van der Waals surface area contributed by atoms with E-state index in [1.165, 1.54) is 0 Å². The summed E-state index contributed by atoms with van der Waals surface area (Å²) >= 11 is 12.0. The van der Waals surface area contributed by atoms with E-state index in [0.29, 0.717) is 22.4 Å². The maximum atomic E-state index is 6.11. The van der Waals surface area contributed by atoms with E-state index in [2.05, 4.69) is 15.1 Å². The summed E-state index contributed by atoms with van der Waals surface area (Å²) in [5.74, 6) is 2.32. The maximum absolute atomic E-state index is 6.11. The van der Waals surface area contributed by atoms with Gasteiger partial charge >= 0.3 is 0 Å². The van der Waals surface area contributed by atoms with Crippen molar-refractivity contribution in [3.63, 3.8) is 0 Å². The SMILES string of the molecule is Cn1cnnc1C1CCN(Cn2nc(-c3ccc(Cl)cc3)n(-c3ccccc3)c2=S)CC1.